The lowest BCUT2D eigenvalue weighted by Crippen LogP contribution is -2.56. The Morgan fingerprint density at radius 1 is 1.24 bits per heavy atom. The van der Waals surface area contributed by atoms with Gasteiger partial charge in [-0.2, -0.15) is 0 Å². The van der Waals surface area contributed by atoms with E-state index in [0.717, 1.165) is 12.5 Å². The smallest absolute Gasteiger partial charge is 0.0572 e. The molecule has 0 amide bonds. The summed E-state index contributed by atoms with van der Waals surface area (Å²) in [6, 6.07) is 0. The largest absolute Gasteiger partial charge is 0.381 e. The van der Waals surface area contributed by atoms with E-state index in [9.17, 15) is 0 Å². The monoisotopic (exact) mass is 240 g/mol. The highest BCUT2D eigenvalue weighted by Gasteiger charge is 2.38. The second kappa shape index (κ2) is 5.68. The molecule has 0 heterocycles. The SMILES string of the molecule is COC1CCC(CN)(N(C)CC2CCC2)CC1. The Morgan fingerprint density at radius 3 is 2.29 bits per heavy atom. The molecule has 100 valence electrons. The molecule has 0 bridgehead atoms. The molecule has 0 aliphatic heterocycles. The van der Waals surface area contributed by atoms with Gasteiger partial charge in [0, 0.05) is 25.7 Å². The third-order valence-corrected chi connectivity index (χ3v) is 5.14. The zero-order chi connectivity index (χ0) is 12.3. The quantitative estimate of drug-likeness (QED) is 0.799. The fraction of sp³-hybridized carbons (Fsp3) is 1.00. The number of methoxy groups -OCH3 is 1. The Bertz CT molecular complexity index is 232. The molecule has 3 heteroatoms. The summed E-state index contributed by atoms with van der Waals surface area (Å²) in [6.45, 7) is 2.04. The van der Waals surface area contributed by atoms with E-state index in [4.69, 9.17) is 10.5 Å². The molecule has 0 aromatic rings. The van der Waals surface area contributed by atoms with Crippen LogP contribution in [0.1, 0.15) is 44.9 Å². The van der Waals surface area contributed by atoms with Gasteiger partial charge in [0.25, 0.3) is 0 Å². The maximum atomic E-state index is 6.08. The van der Waals surface area contributed by atoms with Crippen molar-refractivity contribution >= 4 is 0 Å². The third kappa shape index (κ3) is 2.83. The van der Waals surface area contributed by atoms with Crippen LogP contribution in [0.5, 0.6) is 0 Å². The van der Waals surface area contributed by atoms with Crippen LogP contribution < -0.4 is 5.73 Å². The summed E-state index contributed by atoms with van der Waals surface area (Å²) >= 11 is 0. The number of ether oxygens (including phenoxy) is 1. The van der Waals surface area contributed by atoms with Crippen LogP contribution in [0.2, 0.25) is 0 Å². The van der Waals surface area contributed by atoms with E-state index in [0.29, 0.717) is 6.10 Å². The van der Waals surface area contributed by atoms with Crippen LogP contribution in [0, 0.1) is 5.92 Å². The van der Waals surface area contributed by atoms with E-state index in [-0.39, 0.29) is 5.54 Å². The number of nitrogens with two attached hydrogens (primary N) is 1. The molecule has 2 aliphatic carbocycles. The Morgan fingerprint density at radius 2 is 1.88 bits per heavy atom. The zero-order valence-electron chi connectivity index (χ0n) is 11.5. The summed E-state index contributed by atoms with van der Waals surface area (Å²) in [5.74, 6) is 0.934. The van der Waals surface area contributed by atoms with Gasteiger partial charge in [0.05, 0.1) is 6.10 Å². The van der Waals surface area contributed by atoms with Crippen molar-refractivity contribution in [2.75, 3.05) is 27.2 Å². The minimum Gasteiger partial charge on any atom is -0.381 e. The molecule has 2 aliphatic rings. The molecule has 2 rings (SSSR count). The summed E-state index contributed by atoms with van der Waals surface area (Å²) in [6.07, 6.45) is 9.48. The van der Waals surface area contributed by atoms with E-state index >= 15 is 0 Å². The maximum Gasteiger partial charge on any atom is 0.0572 e. The van der Waals surface area contributed by atoms with Crippen LogP contribution >= 0.6 is 0 Å². The lowest BCUT2D eigenvalue weighted by atomic mass is 9.77. The van der Waals surface area contributed by atoms with Crippen molar-refractivity contribution in [3.8, 4) is 0 Å². The van der Waals surface area contributed by atoms with Crippen LogP contribution in [0.15, 0.2) is 0 Å². The highest BCUT2D eigenvalue weighted by molar-refractivity contribution is 4.96. The Hall–Kier alpha value is -0.120. The van der Waals surface area contributed by atoms with Crippen molar-refractivity contribution in [1.29, 1.82) is 0 Å². The van der Waals surface area contributed by atoms with Crippen molar-refractivity contribution in [2.24, 2.45) is 11.7 Å². The second-order valence-electron chi connectivity index (χ2n) is 6.04. The van der Waals surface area contributed by atoms with Crippen LogP contribution in [0.3, 0.4) is 0 Å². The molecule has 0 aromatic carbocycles. The lowest BCUT2D eigenvalue weighted by molar-refractivity contribution is -0.00614. The zero-order valence-corrected chi connectivity index (χ0v) is 11.5. The summed E-state index contributed by atoms with van der Waals surface area (Å²) < 4.78 is 5.46. The summed E-state index contributed by atoms with van der Waals surface area (Å²) in [5, 5.41) is 0. The average molecular weight is 240 g/mol. The Balaban J connectivity index is 1.89. The van der Waals surface area contributed by atoms with E-state index < -0.39 is 0 Å². The first-order chi connectivity index (χ1) is 8.20. The predicted octanol–water partition coefficient (Wildman–Crippen LogP) is 2.00. The molecule has 0 radical (unpaired) electrons. The average Bonchev–Trinajstić information content (AvgIpc) is 2.33. The topological polar surface area (TPSA) is 38.5 Å². The molecule has 17 heavy (non-hydrogen) atoms. The van der Waals surface area contributed by atoms with Crippen LogP contribution in [0.4, 0.5) is 0 Å². The van der Waals surface area contributed by atoms with Gasteiger partial charge < -0.3 is 10.5 Å². The molecule has 3 nitrogen and oxygen atoms in total. The van der Waals surface area contributed by atoms with Gasteiger partial charge in [-0.1, -0.05) is 6.42 Å². The van der Waals surface area contributed by atoms with Crippen molar-refractivity contribution < 1.29 is 4.74 Å². The highest BCUT2D eigenvalue weighted by atomic mass is 16.5. The lowest BCUT2D eigenvalue weighted by Gasteiger charge is -2.47. The van der Waals surface area contributed by atoms with Gasteiger partial charge >= 0.3 is 0 Å². The first-order valence-electron chi connectivity index (χ1n) is 7.14. The fourth-order valence-corrected chi connectivity index (χ4v) is 3.36. The molecule has 0 saturated heterocycles. The van der Waals surface area contributed by atoms with E-state index in [1.54, 1.807) is 0 Å². The number of likely N-dealkylation sites (N-methyl/N-ethyl adjacent to an activating group) is 1. The first kappa shape index (κ1) is 13.3. The summed E-state index contributed by atoms with van der Waals surface area (Å²) in [4.78, 5) is 2.56. The van der Waals surface area contributed by atoms with Crippen LogP contribution in [0.25, 0.3) is 0 Å². The molecule has 2 fully saturated rings. The highest BCUT2D eigenvalue weighted by Crippen LogP contribution is 2.36. The number of hydrogen-bond donors (Lipinski definition) is 1. The van der Waals surface area contributed by atoms with E-state index in [2.05, 4.69) is 11.9 Å². The number of nitrogens with zero attached hydrogens (tertiary/aromatic N) is 1. The van der Waals surface area contributed by atoms with E-state index in [1.807, 2.05) is 7.11 Å². The first-order valence-corrected chi connectivity index (χ1v) is 7.14. The Kier molecular flexibility index (Phi) is 4.45. The van der Waals surface area contributed by atoms with Gasteiger partial charge in [0.15, 0.2) is 0 Å². The fourth-order valence-electron chi connectivity index (χ4n) is 3.36. The van der Waals surface area contributed by atoms with Gasteiger partial charge in [-0.3, -0.25) is 4.90 Å². The van der Waals surface area contributed by atoms with Crippen LogP contribution in [-0.4, -0.2) is 43.8 Å². The minimum absolute atomic E-state index is 0.255. The molecular weight excluding hydrogens is 212 g/mol. The maximum absolute atomic E-state index is 6.08. The molecular formula is C14H28N2O. The van der Waals surface area contributed by atoms with Crippen LogP contribution in [-0.2, 0) is 4.74 Å². The molecule has 2 saturated carbocycles. The Labute approximate surface area is 106 Å². The standard InChI is InChI=1S/C14H28N2O/c1-16(10-12-4-3-5-12)14(11-15)8-6-13(17-2)7-9-14/h12-13H,3-11,15H2,1-2H3. The van der Waals surface area contributed by atoms with Gasteiger partial charge in [0.2, 0.25) is 0 Å². The minimum atomic E-state index is 0.255. The van der Waals surface area contributed by atoms with Crippen molar-refractivity contribution in [3.05, 3.63) is 0 Å². The number of rotatable bonds is 5. The van der Waals surface area contributed by atoms with Crippen molar-refractivity contribution in [2.45, 2.75) is 56.6 Å². The molecule has 0 atom stereocenters. The predicted molar refractivity (Wildman–Crippen MR) is 71.0 cm³/mol. The van der Waals surface area contributed by atoms with Gasteiger partial charge in [0.1, 0.15) is 0 Å². The second-order valence-corrected chi connectivity index (χ2v) is 6.04. The normalized spacial score (nSPS) is 34.9. The number of hydrogen-bond acceptors (Lipinski definition) is 3. The molecule has 0 aromatic heterocycles. The van der Waals surface area contributed by atoms with Crippen molar-refractivity contribution in [3.63, 3.8) is 0 Å². The van der Waals surface area contributed by atoms with E-state index in [1.165, 1.54) is 51.5 Å². The van der Waals surface area contributed by atoms with Gasteiger partial charge in [-0.25, -0.2) is 0 Å². The summed E-state index contributed by atoms with van der Waals surface area (Å²) in [7, 11) is 4.11. The molecule has 0 spiro atoms. The molecule has 2 N–H and O–H groups in total. The van der Waals surface area contributed by atoms with Crippen molar-refractivity contribution in [1.82, 2.24) is 4.90 Å². The molecule has 0 unspecified atom stereocenters. The summed E-state index contributed by atoms with van der Waals surface area (Å²) in [5.41, 5.74) is 6.33. The third-order valence-electron chi connectivity index (χ3n) is 5.14. The van der Waals surface area contributed by atoms with Gasteiger partial charge in [-0.05, 0) is 51.5 Å². The van der Waals surface area contributed by atoms with Gasteiger partial charge in [-0.15, -0.1) is 0 Å².